The highest BCUT2D eigenvalue weighted by atomic mass is 35.5. The van der Waals surface area contributed by atoms with Crippen LogP contribution in [-0.2, 0) is 27.0 Å². The van der Waals surface area contributed by atoms with Gasteiger partial charge >= 0.3 is 0 Å². The van der Waals surface area contributed by atoms with Crippen LogP contribution in [0.4, 0.5) is 0 Å². The maximum atomic E-state index is 12.9. The fraction of sp³-hybridized carbons (Fsp3) is 0.226. The van der Waals surface area contributed by atoms with E-state index < -0.39 is 21.7 Å². The van der Waals surface area contributed by atoms with Gasteiger partial charge in [0.1, 0.15) is 0 Å². The smallest absolute Gasteiger partial charge is 0.239 e. The van der Waals surface area contributed by atoms with Crippen LogP contribution in [0.15, 0.2) is 54.7 Å². The van der Waals surface area contributed by atoms with Crippen LogP contribution in [0.3, 0.4) is 0 Å². The molecule has 2 aromatic heterocycles. The van der Waals surface area contributed by atoms with Gasteiger partial charge in [0.05, 0.1) is 47.4 Å². The number of fused-ring (bicyclic) bond motifs is 3. The fourth-order valence-corrected chi connectivity index (χ4v) is 6.78. The van der Waals surface area contributed by atoms with Crippen LogP contribution < -0.4 is 14.2 Å². The van der Waals surface area contributed by atoms with Crippen LogP contribution in [-0.4, -0.2) is 42.6 Å². The Morgan fingerprint density at radius 1 is 1.02 bits per heavy atom. The van der Waals surface area contributed by atoms with Gasteiger partial charge in [-0.25, -0.2) is 8.42 Å². The third-order valence-corrected chi connectivity index (χ3v) is 8.83. The van der Waals surface area contributed by atoms with Crippen molar-refractivity contribution in [2.45, 2.75) is 32.9 Å². The molecule has 0 radical (unpaired) electrons. The molecule has 2 heterocycles. The molecule has 9 nitrogen and oxygen atoms in total. The van der Waals surface area contributed by atoms with Gasteiger partial charge in [-0.1, -0.05) is 47.5 Å². The summed E-state index contributed by atoms with van der Waals surface area (Å²) < 4.78 is 39.6. The lowest BCUT2D eigenvalue weighted by molar-refractivity contribution is -0.118. The maximum absolute atomic E-state index is 12.9. The van der Waals surface area contributed by atoms with Gasteiger partial charge in [-0.3, -0.25) is 14.5 Å². The van der Waals surface area contributed by atoms with E-state index in [1.165, 1.54) is 0 Å². The lowest BCUT2D eigenvalue weighted by Gasteiger charge is -2.13. The van der Waals surface area contributed by atoms with E-state index in [1.807, 2.05) is 26.8 Å². The van der Waals surface area contributed by atoms with Crippen molar-refractivity contribution in [1.29, 1.82) is 0 Å². The average Bonchev–Trinajstić information content (AvgIpc) is 3.32. The number of pyridine rings is 1. The number of nitrogens with zero attached hydrogens (tertiary/aromatic N) is 1. The first-order valence-corrected chi connectivity index (χ1v) is 15.9. The van der Waals surface area contributed by atoms with Crippen molar-refractivity contribution in [2.75, 3.05) is 13.2 Å². The Kier molecular flexibility index (Phi) is 8.73. The molecule has 1 amide bonds. The van der Waals surface area contributed by atoms with Crippen LogP contribution in [0.1, 0.15) is 30.5 Å². The second-order valence-electron chi connectivity index (χ2n) is 9.83. The minimum atomic E-state index is -4.03. The molecule has 0 aliphatic rings. The number of aromatic amines is 1. The number of nitrogens with one attached hydrogen (secondary N) is 2. The molecule has 0 aliphatic carbocycles. The van der Waals surface area contributed by atoms with Crippen molar-refractivity contribution in [2.24, 2.45) is 0 Å². The number of aromatic hydroxyl groups is 1. The minimum absolute atomic E-state index is 0.0538. The standard InChI is InChI=1S/C31H29Cl2N3O6S/c1-4-41-30-20-8-7-13-34-27(20)26-25(29(30)38)28(35-31(26)42-5-2)19-12-11-18(14-17(19)3)16-43(39,40)36-24(37)15-21-22(32)9-6-10-23(21)33/h6-14,35,38H,4-5,15-16H2,1-3H3,(H,36,37). The number of sulfonamides is 1. The summed E-state index contributed by atoms with van der Waals surface area (Å²) in [7, 11) is -4.03. The molecule has 3 N–H and O–H groups in total. The lowest BCUT2D eigenvalue weighted by atomic mass is 9.98. The van der Waals surface area contributed by atoms with Gasteiger partial charge in [-0.05, 0) is 61.7 Å². The third-order valence-electron chi connectivity index (χ3n) is 6.87. The minimum Gasteiger partial charge on any atom is -0.504 e. The Morgan fingerprint density at radius 3 is 2.42 bits per heavy atom. The largest absolute Gasteiger partial charge is 0.504 e. The molecule has 0 atom stereocenters. The third kappa shape index (κ3) is 6.08. The summed E-state index contributed by atoms with van der Waals surface area (Å²) in [6.45, 7) is 6.24. The van der Waals surface area contributed by atoms with Crippen LogP contribution in [0.25, 0.3) is 32.9 Å². The molecule has 43 heavy (non-hydrogen) atoms. The van der Waals surface area contributed by atoms with Crippen molar-refractivity contribution in [3.8, 4) is 28.6 Å². The number of carbonyl (C=O) groups excluding carboxylic acids is 1. The van der Waals surface area contributed by atoms with Crippen LogP contribution in [0.5, 0.6) is 17.4 Å². The highest BCUT2D eigenvalue weighted by molar-refractivity contribution is 7.89. The van der Waals surface area contributed by atoms with E-state index in [0.29, 0.717) is 68.9 Å². The topological polar surface area (TPSA) is 131 Å². The number of H-pyrrole nitrogens is 1. The number of amides is 1. The molecule has 12 heteroatoms. The Hall–Kier alpha value is -3.99. The molecule has 5 aromatic rings. The van der Waals surface area contributed by atoms with Gasteiger partial charge in [0.15, 0.2) is 11.5 Å². The number of phenols is 1. The number of carbonyl (C=O) groups is 1. The van der Waals surface area contributed by atoms with E-state index >= 15 is 0 Å². The first kappa shape index (κ1) is 30.5. The molecule has 0 unspecified atom stereocenters. The number of hydrogen-bond acceptors (Lipinski definition) is 7. The van der Waals surface area contributed by atoms with E-state index in [2.05, 4.69) is 14.7 Å². The Labute approximate surface area is 258 Å². The van der Waals surface area contributed by atoms with Crippen LogP contribution in [0, 0.1) is 6.92 Å². The van der Waals surface area contributed by atoms with Gasteiger partial charge < -0.3 is 19.6 Å². The molecule has 0 aliphatic heterocycles. The maximum Gasteiger partial charge on any atom is 0.239 e. The number of halogens is 2. The highest BCUT2D eigenvalue weighted by Crippen LogP contribution is 2.49. The summed E-state index contributed by atoms with van der Waals surface area (Å²) >= 11 is 12.3. The number of hydrogen-bond donors (Lipinski definition) is 3. The number of benzene rings is 3. The Morgan fingerprint density at radius 2 is 1.74 bits per heavy atom. The molecule has 0 saturated carbocycles. The van der Waals surface area contributed by atoms with E-state index in [9.17, 15) is 18.3 Å². The van der Waals surface area contributed by atoms with Gasteiger partial charge in [0.25, 0.3) is 0 Å². The number of ether oxygens (including phenoxy) is 2. The van der Waals surface area contributed by atoms with E-state index in [-0.39, 0.29) is 22.2 Å². The zero-order valence-electron chi connectivity index (χ0n) is 23.6. The molecule has 3 aromatic carbocycles. The van der Waals surface area contributed by atoms with Gasteiger partial charge in [0.2, 0.25) is 21.8 Å². The molecule has 0 bridgehead atoms. The summed E-state index contributed by atoms with van der Waals surface area (Å²) in [5, 5.41) is 13.8. The summed E-state index contributed by atoms with van der Waals surface area (Å²) in [5.74, 6) is -0.467. The molecular weight excluding hydrogens is 613 g/mol. The van der Waals surface area contributed by atoms with Crippen LogP contribution >= 0.6 is 23.2 Å². The van der Waals surface area contributed by atoms with Crippen molar-refractivity contribution in [1.82, 2.24) is 14.7 Å². The zero-order chi connectivity index (χ0) is 30.9. The van der Waals surface area contributed by atoms with Crippen LogP contribution in [0.2, 0.25) is 10.0 Å². The molecule has 224 valence electrons. The van der Waals surface area contributed by atoms with Crippen molar-refractivity contribution in [3.63, 3.8) is 0 Å². The van der Waals surface area contributed by atoms with Crippen molar-refractivity contribution < 1.29 is 27.8 Å². The molecule has 5 rings (SSSR count). The monoisotopic (exact) mass is 641 g/mol. The Balaban J connectivity index is 1.49. The molecular formula is C31H29Cl2N3O6S. The molecule has 0 saturated heterocycles. The predicted molar refractivity (Wildman–Crippen MR) is 169 cm³/mol. The highest BCUT2D eigenvalue weighted by Gasteiger charge is 2.26. The number of phenolic OH excluding ortho intramolecular Hbond substituents is 1. The number of aryl methyl sites for hydroxylation is 1. The average molecular weight is 643 g/mol. The van der Waals surface area contributed by atoms with Gasteiger partial charge in [-0.2, -0.15) is 0 Å². The van der Waals surface area contributed by atoms with E-state index in [0.717, 1.165) is 5.56 Å². The predicted octanol–water partition coefficient (Wildman–Crippen LogP) is 6.69. The number of rotatable bonds is 10. The summed E-state index contributed by atoms with van der Waals surface area (Å²) in [4.78, 5) is 20.4. The normalized spacial score (nSPS) is 11.7. The fourth-order valence-electron chi connectivity index (χ4n) is 5.14. The first-order valence-electron chi connectivity index (χ1n) is 13.5. The molecule has 0 fully saturated rings. The zero-order valence-corrected chi connectivity index (χ0v) is 26.0. The van der Waals surface area contributed by atoms with Crippen molar-refractivity contribution >= 4 is 60.8 Å². The second kappa shape index (κ2) is 12.3. The van der Waals surface area contributed by atoms with E-state index in [4.69, 9.17) is 32.7 Å². The quantitative estimate of drug-likeness (QED) is 0.155. The lowest BCUT2D eigenvalue weighted by Crippen LogP contribution is -2.32. The first-order chi connectivity index (χ1) is 20.5. The van der Waals surface area contributed by atoms with E-state index in [1.54, 1.807) is 48.7 Å². The summed E-state index contributed by atoms with van der Waals surface area (Å²) in [6.07, 6.45) is 1.38. The molecule has 0 spiro atoms. The summed E-state index contributed by atoms with van der Waals surface area (Å²) in [5.41, 5.74) is 3.43. The second-order valence-corrected chi connectivity index (χ2v) is 12.4. The summed E-state index contributed by atoms with van der Waals surface area (Å²) in [6, 6.07) is 13.5. The SMILES string of the molecule is CCOc1c(O)c2c(-c3ccc(CS(=O)(=O)NC(=O)Cc4c(Cl)cccc4Cl)cc3C)[nH]c(OCC)c2c2ncccc12. The van der Waals surface area contributed by atoms with Gasteiger partial charge in [0, 0.05) is 27.2 Å². The van der Waals surface area contributed by atoms with Crippen molar-refractivity contribution in [3.05, 3.63) is 81.5 Å². The number of aromatic nitrogens is 2. The Bertz CT molecular complexity index is 1950. The van der Waals surface area contributed by atoms with Gasteiger partial charge in [-0.15, -0.1) is 0 Å².